The summed E-state index contributed by atoms with van der Waals surface area (Å²) in [5.41, 5.74) is 0.704. The molecule has 0 fully saturated rings. The molecule has 84 valence electrons. The number of ether oxygens (including phenoxy) is 3. The van der Waals surface area contributed by atoms with E-state index in [2.05, 4.69) is 27.6 Å². The monoisotopic (exact) mass is 343 g/mol. The van der Waals surface area contributed by atoms with Gasteiger partial charge in [-0.05, 0) is 22.6 Å². The van der Waals surface area contributed by atoms with Crippen LogP contribution in [0.2, 0.25) is 5.02 Å². The van der Waals surface area contributed by atoms with Crippen molar-refractivity contribution in [3.63, 3.8) is 0 Å². The van der Waals surface area contributed by atoms with Crippen LogP contribution in [-0.2, 0) is 9.47 Å². The van der Waals surface area contributed by atoms with Crippen molar-refractivity contribution in [3.05, 3.63) is 20.4 Å². The lowest BCUT2D eigenvalue weighted by molar-refractivity contribution is -0.107. The molecule has 0 spiro atoms. The number of aromatic nitrogens is 1. The number of hydrogen-bond donors (Lipinski definition) is 0. The standard InChI is InChI=1S/C9H11ClINO3/c1-13-8-6(9(14-2)15-3)7(11)5(10)4-12-8/h4,9H,1-3H3. The second kappa shape index (κ2) is 5.83. The lowest BCUT2D eigenvalue weighted by atomic mass is 10.2. The molecule has 4 nitrogen and oxygen atoms in total. The Morgan fingerprint density at radius 1 is 1.33 bits per heavy atom. The summed E-state index contributed by atoms with van der Waals surface area (Å²) >= 11 is 8.07. The average molecular weight is 344 g/mol. The molecular weight excluding hydrogens is 332 g/mol. The molecule has 0 aliphatic carbocycles. The molecule has 15 heavy (non-hydrogen) atoms. The molecule has 6 heteroatoms. The molecule has 0 amide bonds. The molecule has 0 unspecified atom stereocenters. The highest BCUT2D eigenvalue weighted by molar-refractivity contribution is 14.1. The number of methoxy groups -OCH3 is 3. The maximum atomic E-state index is 5.96. The minimum absolute atomic E-state index is 0.456. The van der Waals surface area contributed by atoms with Gasteiger partial charge in [0.25, 0.3) is 0 Å². The predicted molar refractivity (Wildman–Crippen MR) is 65.3 cm³/mol. The molecule has 1 aromatic heterocycles. The van der Waals surface area contributed by atoms with Crippen molar-refractivity contribution in [2.24, 2.45) is 0 Å². The summed E-state index contributed by atoms with van der Waals surface area (Å²) in [6.45, 7) is 0. The van der Waals surface area contributed by atoms with Gasteiger partial charge in [-0.2, -0.15) is 0 Å². The van der Waals surface area contributed by atoms with Gasteiger partial charge in [0.2, 0.25) is 5.88 Å². The Kier molecular flexibility index (Phi) is 5.04. The summed E-state index contributed by atoms with van der Waals surface area (Å²) in [7, 11) is 4.63. The second-order valence-electron chi connectivity index (χ2n) is 2.65. The van der Waals surface area contributed by atoms with Crippen molar-refractivity contribution in [1.82, 2.24) is 4.98 Å². The van der Waals surface area contributed by atoms with Gasteiger partial charge in [0, 0.05) is 17.8 Å². The lowest BCUT2D eigenvalue weighted by Crippen LogP contribution is -2.09. The first kappa shape index (κ1) is 13.0. The molecule has 0 aromatic carbocycles. The fraction of sp³-hybridized carbons (Fsp3) is 0.444. The minimum Gasteiger partial charge on any atom is -0.481 e. The van der Waals surface area contributed by atoms with Gasteiger partial charge < -0.3 is 14.2 Å². The molecular formula is C9H11ClINO3. The largest absolute Gasteiger partial charge is 0.481 e. The van der Waals surface area contributed by atoms with Crippen molar-refractivity contribution >= 4 is 34.2 Å². The highest BCUT2D eigenvalue weighted by Crippen LogP contribution is 2.34. The first-order valence-corrected chi connectivity index (χ1v) is 5.54. The average Bonchev–Trinajstić information content (AvgIpc) is 2.26. The van der Waals surface area contributed by atoms with Crippen LogP contribution in [0.5, 0.6) is 5.88 Å². The fourth-order valence-electron chi connectivity index (χ4n) is 1.16. The number of halogens is 2. The summed E-state index contributed by atoms with van der Waals surface area (Å²) < 4.78 is 16.3. The van der Waals surface area contributed by atoms with Crippen LogP contribution >= 0.6 is 34.2 Å². The van der Waals surface area contributed by atoms with Crippen LogP contribution in [0.4, 0.5) is 0 Å². The second-order valence-corrected chi connectivity index (χ2v) is 4.13. The fourth-order valence-corrected chi connectivity index (χ4v) is 1.94. The van der Waals surface area contributed by atoms with E-state index in [0.29, 0.717) is 16.5 Å². The Morgan fingerprint density at radius 3 is 2.40 bits per heavy atom. The third-order valence-corrected chi connectivity index (χ3v) is 3.60. The Bertz CT molecular complexity index is 344. The minimum atomic E-state index is -0.530. The van der Waals surface area contributed by atoms with E-state index in [1.807, 2.05) is 0 Å². The SMILES string of the molecule is COc1ncc(Cl)c(I)c1C(OC)OC. The van der Waals surface area contributed by atoms with Crippen LogP contribution in [0.3, 0.4) is 0 Å². The van der Waals surface area contributed by atoms with Crippen LogP contribution in [0.1, 0.15) is 11.9 Å². The van der Waals surface area contributed by atoms with E-state index in [1.165, 1.54) is 13.3 Å². The third kappa shape index (κ3) is 2.72. The van der Waals surface area contributed by atoms with Crippen molar-refractivity contribution in [1.29, 1.82) is 0 Å². The normalized spacial score (nSPS) is 10.8. The summed E-state index contributed by atoms with van der Waals surface area (Å²) in [5, 5.41) is 0.547. The summed E-state index contributed by atoms with van der Waals surface area (Å²) in [6, 6.07) is 0. The van der Waals surface area contributed by atoms with Crippen LogP contribution in [-0.4, -0.2) is 26.3 Å². The molecule has 0 aliphatic rings. The van der Waals surface area contributed by atoms with Crippen molar-refractivity contribution in [2.45, 2.75) is 6.29 Å². The van der Waals surface area contributed by atoms with E-state index in [-0.39, 0.29) is 0 Å². The van der Waals surface area contributed by atoms with Gasteiger partial charge in [-0.3, -0.25) is 0 Å². The molecule has 0 saturated heterocycles. The van der Waals surface area contributed by atoms with Crippen LogP contribution in [0.15, 0.2) is 6.20 Å². The Balaban J connectivity index is 3.28. The first-order chi connectivity index (χ1) is 7.15. The molecule has 0 bridgehead atoms. The zero-order chi connectivity index (χ0) is 11.4. The van der Waals surface area contributed by atoms with Crippen LogP contribution < -0.4 is 4.74 Å². The molecule has 0 aliphatic heterocycles. The summed E-state index contributed by atoms with van der Waals surface area (Å²) in [4.78, 5) is 4.06. The van der Waals surface area contributed by atoms with E-state index in [4.69, 9.17) is 25.8 Å². The number of hydrogen-bond acceptors (Lipinski definition) is 4. The number of pyridine rings is 1. The number of nitrogens with zero attached hydrogens (tertiary/aromatic N) is 1. The molecule has 0 radical (unpaired) electrons. The zero-order valence-corrected chi connectivity index (χ0v) is 11.5. The van der Waals surface area contributed by atoms with Crippen molar-refractivity contribution < 1.29 is 14.2 Å². The zero-order valence-electron chi connectivity index (χ0n) is 8.58. The highest BCUT2D eigenvalue weighted by atomic mass is 127. The van der Waals surface area contributed by atoms with Gasteiger partial charge >= 0.3 is 0 Å². The van der Waals surface area contributed by atoms with E-state index < -0.39 is 6.29 Å². The summed E-state index contributed by atoms with van der Waals surface area (Å²) in [5.74, 6) is 0.456. The van der Waals surface area contributed by atoms with Gasteiger partial charge in [0.05, 0.1) is 23.9 Å². The molecule has 0 N–H and O–H groups in total. The van der Waals surface area contributed by atoms with E-state index in [9.17, 15) is 0 Å². The van der Waals surface area contributed by atoms with E-state index in [1.54, 1.807) is 14.2 Å². The van der Waals surface area contributed by atoms with Gasteiger partial charge in [-0.1, -0.05) is 11.6 Å². The number of rotatable bonds is 4. The quantitative estimate of drug-likeness (QED) is 0.622. The third-order valence-electron chi connectivity index (χ3n) is 1.83. The molecule has 0 saturated carbocycles. The van der Waals surface area contributed by atoms with Crippen molar-refractivity contribution in [2.75, 3.05) is 21.3 Å². The maximum Gasteiger partial charge on any atom is 0.222 e. The van der Waals surface area contributed by atoms with Gasteiger partial charge in [0.15, 0.2) is 6.29 Å². The molecule has 1 heterocycles. The predicted octanol–water partition coefficient (Wildman–Crippen LogP) is 2.64. The topological polar surface area (TPSA) is 40.6 Å². The smallest absolute Gasteiger partial charge is 0.222 e. The Hall–Kier alpha value is -0.110. The van der Waals surface area contributed by atoms with E-state index >= 15 is 0 Å². The Morgan fingerprint density at radius 2 is 1.93 bits per heavy atom. The molecule has 0 atom stereocenters. The Labute approximate surface area is 107 Å². The molecule has 1 rings (SSSR count). The first-order valence-electron chi connectivity index (χ1n) is 4.09. The molecule has 1 aromatic rings. The van der Waals surface area contributed by atoms with E-state index in [0.717, 1.165) is 3.57 Å². The highest BCUT2D eigenvalue weighted by Gasteiger charge is 2.21. The van der Waals surface area contributed by atoms with Gasteiger partial charge in [-0.25, -0.2) is 4.98 Å². The summed E-state index contributed by atoms with van der Waals surface area (Å²) in [6.07, 6.45) is 1.01. The van der Waals surface area contributed by atoms with Crippen LogP contribution in [0, 0.1) is 3.57 Å². The van der Waals surface area contributed by atoms with Crippen LogP contribution in [0.25, 0.3) is 0 Å². The van der Waals surface area contributed by atoms with Gasteiger partial charge in [0.1, 0.15) is 0 Å². The maximum absolute atomic E-state index is 5.96. The van der Waals surface area contributed by atoms with Crippen molar-refractivity contribution in [3.8, 4) is 5.88 Å². The van der Waals surface area contributed by atoms with Gasteiger partial charge in [-0.15, -0.1) is 0 Å². The lowest BCUT2D eigenvalue weighted by Gasteiger charge is -2.18.